The van der Waals surface area contributed by atoms with Crippen molar-refractivity contribution in [2.24, 2.45) is 0 Å². The molecule has 11 heteroatoms. The summed E-state index contributed by atoms with van der Waals surface area (Å²) in [6.07, 6.45) is 3.64. The zero-order chi connectivity index (χ0) is 24.0. The largest absolute Gasteiger partial charge is 0.392 e. The molecule has 3 rings (SSSR count). The van der Waals surface area contributed by atoms with Crippen LogP contribution < -0.4 is 16.4 Å². The van der Waals surface area contributed by atoms with E-state index in [0.29, 0.717) is 41.5 Å². The van der Waals surface area contributed by atoms with Gasteiger partial charge in [0.1, 0.15) is 5.82 Å². The van der Waals surface area contributed by atoms with Gasteiger partial charge in [0.05, 0.1) is 16.6 Å². The Hall–Kier alpha value is -3.63. The predicted molar refractivity (Wildman–Crippen MR) is 127 cm³/mol. The number of nitrogen functional groups attached to an aromatic ring is 1. The second-order valence-electron chi connectivity index (χ2n) is 7.50. The van der Waals surface area contributed by atoms with Gasteiger partial charge in [-0.1, -0.05) is 29.8 Å². The summed E-state index contributed by atoms with van der Waals surface area (Å²) >= 11 is 6.36. The molecular formula is C22H25ClN6O4. The van der Waals surface area contributed by atoms with Gasteiger partial charge in [0, 0.05) is 54.2 Å². The van der Waals surface area contributed by atoms with E-state index >= 15 is 0 Å². The number of pyridine rings is 1. The summed E-state index contributed by atoms with van der Waals surface area (Å²) in [6, 6.07) is 10.1. The number of benzene rings is 1. The molecule has 0 radical (unpaired) electrons. The van der Waals surface area contributed by atoms with Gasteiger partial charge in [0.15, 0.2) is 0 Å². The fourth-order valence-electron chi connectivity index (χ4n) is 3.25. The van der Waals surface area contributed by atoms with E-state index in [9.17, 15) is 20.0 Å². The number of aliphatic hydroxyl groups is 1. The highest BCUT2D eigenvalue weighted by Gasteiger charge is 2.18. The number of carbonyl (C=O) groups is 1. The van der Waals surface area contributed by atoms with E-state index in [2.05, 4.69) is 15.6 Å². The number of carbonyl (C=O) groups excluding carboxylic acids is 1. The Balaban J connectivity index is 1.69. The SMILES string of the molecule is CC(O)CNC(=O)c1cn(CCCNc2ccc([N+](=O)[O-])c(N)n2)cc1-c1ccccc1Cl. The quantitative estimate of drug-likeness (QED) is 0.201. The number of aryl methyl sites for hydroxylation is 1. The molecule has 3 aromatic rings. The smallest absolute Gasteiger partial charge is 0.311 e. The highest BCUT2D eigenvalue weighted by molar-refractivity contribution is 6.33. The molecule has 0 aliphatic rings. The third-order valence-corrected chi connectivity index (χ3v) is 5.17. The van der Waals surface area contributed by atoms with Crippen LogP contribution in [0.3, 0.4) is 0 Å². The first-order chi connectivity index (χ1) is 15.8. The Kier molecular flexibility index (Phi) is 7.86. The molecule has 1 amide bonds. The molecule has 0 saturated carbocycles. The van der Waals surface area contributed by atoms with Crippen LogP contribution in [0.2, 0.25) is 5.02 Å². The van der Waals surface area contributed by atoms with Crippen LogP contribution in [-0.2, 0) is 6.54 Å². The summed E-state index contributed by atoms with van der Waals surface area (Å²) in [7, 11) is 0. The first-order valence-electron chi connectivity index (χ1n) is 10.3. The molecule has 174 valence electrons. The Morgan fingerprint density at radius 1 is 1.27 bits per heavy atom. The third-order valence-electron chi connectivity index (χ3n) is 4.85. The van der Waals surface area contributed by atoms with Gasteiger partial charge in [-0.2, -0.15) is 0 Å². The maximum Gasteiger partial charge on any atom is 0.311 e. The van der Waals surface area contributed by atoms with E-state index in [1.54, 1.807) is 19.2 Å². The summed E-state index contributed by atoms with van der Waals surface area (Å²) in [5, 5.41) is 26.7. The minimum absolute atomic E-state index is 0.140. The number of aliphatic hydroxyl groups excluding tert-OH is 1. The summed E-state index contributed by atoms with van der Waals surface area (Å²) < 4.78 is 1.90. The molecule has 2 aromatic heterocycles. The number of hydrogen-bond donors (Lipinski definition) is 4. The lowest BCUT2D eigenvalue weighted by Gasteiger charge is -2.08. The lowest BCUT2D eigenvalue weighted by atomic mass is 10.0. The molecule has 1 unspecified atom stereocenters. The van der Waals surface area contributed by atoms with Crippen LogP contribution in [0.15, 0.2) is 48.8 Å². The highest BCUT2D eigenvalue weighted by Crippen LogP contribution is 2.31. The van der Waals surface area contributed by atoms with Crippen molar-refractivity contribution in [1.82, 2.24) is 14.9 Å². The minimum atomic E-state index is -0.659. The zero-order valence-corrected chi connectivity index (χ0v) is 18.7. The van der Waals surface area contributed by atoms with Crippen LogP contribution in [0.25, 0.3) is 11.1 Å². The number of nitrogens with zero attached hydrogens (tertiary/aromatic N) is 3. The van der Waals surface area contributed by atoms with Crippen LogP contribution >= 0.6 is 11.6 Å². The van der Waals surface area contributed by atoms with Gasteiger partial charge < -0.3 is 26.0 Å². The molecule has 2 heterocycles. The van der Waals surface area contributed by atoms with Gasteiger partial charge in [0.2, 0.25) is 5.82 Å². The normalized spacial score (nSPS) is 11.7. The van der Waals surface area contributed by atoms with Gasteiger partial charge in [-0.15, -0.1) is 0 Å². The standard InChI is InChI=1S/C22H25ClN6O4/c1-14(30)11-26-22(31)17-13-28(12-16(17)15-5-2-3-6-18(15)23)10-4-9-25-20-8-7-19(29(32)33)21(24)27-20/h2-3,5-8,12-14,30H,4,9-11H2,1H3,(H,26,31)(H3,24,25,27). The number of nitrogens with one attached hydrogen (secondary N) is 2. The van der Waals surface area contributed by atoms with Gasteiger partial charge >= 0.3 is 5.69 Å². The van der Waals surface area contributed by atoms with E-state index in [0.717, 1.165) is 5.56 Å². The average Bonchev–Trinajstić information content (AvgIpc) is 3.19. The van der Waals surface area contributed by atoms with E-state index in [4.69, 9.17) is 17.3 Å². The molecule has 0 bridgehead atoms. The van der Waals surface area contributed by atoms with Crippen LogP contribution in [0.1, 0.15) is 23.7 Å². The fourth-order valence-corrected chi connectivity index (χ4v) is 3.48. The van der Waals surface area contributed by atoms with Gasteiger partial charge in [-0.25, -0.2) is 4.98 Å². The lowest BCUT2D eigenvalue weighted by molar-refractivity contribution is -0.384. The minimum Gasteiger partial charge on any atom is -0.392 e. The molecule has 10 nitrogen and oxygen atoms in total. The van der Waals surface area contributed by atoms with Crippen molar-refractivity contribution in [3.8, 4) is 11.1 Å². The Labute approximate surface area is 195 Å². The van der Waals surface area contributed by atoms with Gasteiger partial charge in [-0.3, -0.25) is 14.9 Å². The van der Waals surface area contributed by atoms with Gasteiger partial charge in [-0.05, 0) is 25.5 Å². The first-order valence-corrected chi connectivity index (χ1v) is 10.7. The Morgan fingerprint density at radius 3 is 2.70 bits per heavy atom. The monoisotopic (exact) mass is 472 g/mol. The molecule has 5 N–H and O–H groups in total. The van der Waals surface area contributed by atoms with E-state index in [1.807, 2.05) is 29.0 Å². The fraction of sp³-hybridized carbons (Fsp3) is 0.273. The van der Waals surface area contributed by atoms with Crippen molar-refractivity contribution < 1.29 is 14.8 Å². The first kappa shape index (κ1) is 24.0. The number of amides is 1. The van der Waals surface area contributed by atoms with Gasteiger partial charge in [0.25, 0.3) is 5.91 Å². The maximum absolute atomic E-state index is 12.7. The number of aromatic nitrogens is 2. The number of anilines is 2. The van der Waals surface area contributed by atoms with Crippen molar-refractivity contribution >= 4 is 34.8 Å². The number of nitrogens with two attached hydrogens (primary N) is 1. The van der Waals surface area contributed by atoms with E-state index < -0.39 is 11.0 Å². The number of hydrogen-bond acceptors (Lipinski definition) is 7. The Morgan fingerprint density at radius 2 is 2.03 bits per heavy atom. The topological polar surface area (TPSA) is 148 Å². The summed E-state index contributed by atoms with van der Waals surface area (Å²) in [5.41, 5.74) is 7.28. The number of nitro groups is 1. The molecule has 0 aliphatic heterocycles. The van der Waals surface area contributed by atoms with E-state index in [-0.39, 0.29) is 24.0 Å². The molecule has 0 fully saturated rings. The second-order valence-corrected chi connectivity index (χ2v) is 7.91. The number of halogens is 1. The van der Waals surface area contributed by atoms with Crippen molar-refractivity contribution in [1.29, 1.82) is 0 Å². The average molecular weight is 473 g/mol. The van der Waals surface area contributed by atoms with Crippen LogP contribution in [-0.4, -0.2) is 44.7 Å². The van der Waals surface area contributed by atoms with Crippen molar-refractivity contribution in [2.45, 2.75) is 26.0 Å². The van der Waals surface area contributed by atoms with Crippen LogP contribution in [0.5, 0.6) is 0 Å². The zero-order valence-electron chi connectivity index (χ0n) is 18.0. The highest BCUT2D eigenvalue weighted by atomic mass is 35.5. The molecule has 1 atom stereocenters. The summed E-state index contributed by atoms with van der Waals surface area (Å²) in [4.78, 5) is 27.0. The van der Waals surface area contributed by atoms with Crippen LogP contribution in [0, 0.1) is 10.1 Å². The molecule has 1 aromatic carbocycles. The summed E-state index contributed by atoms with van der Waals surface area (Å²) in [5.74, 6) is 0.00134. The molecule has 0 saturated heterocycles. The second kappa shape index (κ2) is 10.8. The lowest BCUT2D eigenvalue weighted by Crippen LogP contribution is -2.30. The van der Waals surface area contributed by atoms with Crippen molar-refractivity contribution in [2.75, 3.05) is 24.1 Å². The Bertz CT molecular complexity index is 1150. The van der Waals surface area contributed by atoms with Crippen molar-refractivity contribution in [3.05, 3.63) is 69.5 Å². The maximum atomic E-state index is 12.7. The summed E-state index contributed by atoms with van der Waals surface area (Å²) in [6.45, 7) is 2.87. The third kappa shape index (κ3) is 6.21. The van der Waals surface area contributed by atoms with Crippen molar-refractivity contribution in [3.63, 3.8) is 0 Å². The van der Waals surface area contributed by atoms with Crippen LogP contribution in [0.4, 0.5) is 17.3 Å². The van der Waals surface area contributed by atoms with E-state index in [1.165, 1.54) is 12.1 Å². The predicted octanol–water partition coefficient (Wildman–Crippen LogP) is 3.31. The molecular weight excluding hydrogens is 448 g/mol. The molecule has 33 heavy (non-hydrogen) atoms. The number of rotatable bonds is 10. The molecule has 0 spiro atoms. The molecule has 0 aliphatic carbocycles.